The van der Waals surface area contributed by atoms with Crippen LogP contribution in [-0.4, -0.2) is 68.9 Å². The van der Waals surface area contributed by atoms with Gasteiger partial charge in [-0.05, 0) is 6.92 Å². The highest BCUT2D eigenvalue weighted by Crippen LogP contribution is 2.13. The summed E-state index contributed by atoms with van der Waals surface area (Å²) in [6, 6.07) is 0. The Morgan fingerprint density at radius 1 is 1.33 bits per heavy atom. The summed E-state index contributed by atoms with van der Waals surface area (Å²) in [7, 11) is 1.89. The number of aryl methyl sites for hydroxylation is 1. The molecule has 1 fully saturated rings. The minimum atomic E-state index is -0.113. The van der Waals surface area contributed by atoms with Crippen molar-refractivity contribution in [3.05, 3.63) is 30.2 Å². The van der Waals surface area contributed by atoms with Gasteiger partial charge >= 0.3 is 0 Å². The van der Waals surface area contributed by atoms with Crippen LogP contribution >= 0.6 is 0 Å². The molecule has 0 radical (unpaired) electrons. The van der Waals surface area contributed by atoms with E-state index in [2.05, 4.69) is 20.2 Å². The van der Waals surface area contributed by atoms with E-state index in [4.69, 9.17) is 4.74 Å². The van der Waals surface area contributed by atoms with Crippen molar-refractivity contribution in [2.45, 2.75) is 20.0 Å². The van der Waals surface area contributed by atoms with Crippen LogP contribution in [0.1, 0.15) is 23.2 Å². The molecule has 0 unspecified atom stereocenters. The van der Waals surface area contributed by atoms with Gasteiger partial charge in [0.05, 0.1) is 32.2 Å². The fourth-order valence-corrected chi connectivity index (χ4v) is 2.53. The van der Waals surface area contributed by atoms with Crippen LogP contribution in [0.3, 0.4) is 0 Å². The molecule has 1 aliphatic heterocycles. The Morgan fingerprint density at radius 2 is 2.12 bits per heavy atom. The second kappa shape index (κ2) is 7.35. The summed E-state index contributed by atoms with van der Waals surface area (Å²) in [4.78, 5) is 24.8. The lowest BCUT2D eigenvalue weighted by atomic mass is 10.3. The molecular formula is C15H21N7O2. The van der Waals surface area contributed by atoms with Crippen molar-refractivity contribution < 1.29 is 9.53 Å². The summed E-state index contributed by atoms with van der Waals surface area (Å²) in [5, 5.41) is 8.04. The molecule has 9 heteroatoms. The molecule has 0 aliphatic carbocycles. The van der Waals surface area contributed by atoms with Crippen LogP contribution < -0.4 is 4.90 Å². The van der Waals surface area contributed by atoms with E-state index in [1.165, 1.54) is 6.20 Å². The minimum absolute atomic E-state index is 0.113. The van der Waals surface area contributed by atoms with Gasteiger partial charge in [-0.15, -0.1) is 10.2 Å². The quantitative estimate of drug-likeness (QED) is 0.773. The Balaban J connectivity index is 1.73. The maximum atomic E-state index is 12.5. The predicted molar refractivity (Wildman–Crippen MR) is 86.6 cm³/mol. The summed E-state index contributed by atoms with van der Waals surface area (Å²) < 4.78 is 7.24. The van der Waals surface area contributed by atoms with Gasteiger partial charge in [-0.1, -0.05) is 0 Å². The van der Waals surface area contributed by atoms with Crippen molar-refractivity contribution in [2.24, 2.45) is 0 Å². The Bertz CT molecular complexity index is 697. The minimum Gasteiger partial charge on any atom is -0.378 e. The SMILES string of the molecule is CCn1cnnc1CN(C)c1cncc(C(=O)N2CCOCC2)n1. The third kappa shape index (κ3) is 3.51. The van der Waals surface area contributed by atoms with E-state index in [0.717, 1.165) is 12.4 Å². The third-order valence-electron chi connectivity index (χ3n) is 3.95. The Hall–Kier alpha value is -2.55. The van der Waals surface area contributed by atoms with Gasteiger partial charge in [-0.25, -0.2) is 4.98 Å². The maximum absolute atomic E-state index is 12.5. The largest absolute Gasteiger partial charge is 0.378 e. The first kappa shape index (κ1) is 16.3. The molecule has 2 aromatic rings. The number of carbonyl (C=O) groups excluding carboxylic acids is 1. The van der Waals surface area contributed by atoms with E-state index in [9.17, 15) is 4.79 Å². The zero-order valence-electron chi connectivity index (χ0n) is 13.9. The maximum Gasteiger partial charge on any atom is 0.274 e. The molecule has 128 valence electrons. The van der Waals surface area contributed by atoms with Gasteiger partial charge in [0.2, 0.25) is 0 Å². The lowest BCUT2D eigenvalue weighted by molar-refractivity contribution is 0.0299. The van der Waals surface area contributed by atoms with Crippen LogP contribution in [0.15, 0.2) is 18.7 Å². The van der Waals surface area contributed by atoms with Crippen molar-refractivity contribution in [3.8, 4) is 0 Å². The van der Waals surface area contributed by atoms with Crippen molar-refractivity contribution in [1.29, 1.82) is 0 Å². The van der Waals surface area contributed by atoms with Gasteiger partial charge < -0.3 is 19.1 Å². The summed E-state index contributed by atoms with van der Waals surface area (Å²) in [6.45, 7) is 5.67. The van der Waals surface area contributed by atoms with Gasteiger partial charge in [-0.2, -0.15) is 0 Å². The number of hydrogen-bond donors (Lipinski definition) is 0. The number of amides is 1. The first-order valence-corrected chi connectivity index (χ1v) is 7.96. The van der Waals surface area contributed by atoms with E-state index in [-0.39, 0.29) is 5.91 Å². The van der Waals surface area contributed by atoms with E-state index < -0.39 is 0 Å². The smallest absolute Gasteiger partial charge is 0.274 e. The van der Waals surface area contributed by atoms with Gasteiger partial charge in [0, 0.05) is 26.7 Å². The summed E-state index contributed by atoms with van der Waals surface area (Å²) in [5.74, 6) is 1.35. The fourth-order valence-electron chi connectivity index (χ4n) is 2.53. The number of rotatable bonds is 5. The molecule has 0 saturated carbocycles. The molecule has 3 rings (SSSR count). The molecule has 1 amide bonds. The Labute approximate surface area is 140 Å². The van der Waals surface area contributed by atoms with Crippen molar-refractivity contribution >= 4 is 11.7 Å². The summed E-state index contributed by atoms with van der Waals surface area (Å²) in [6.07, 6.45) is 4.85. The lowest BCUT2D eigenvalue weighted by Crippen LogP contribution is -2.41. The van der Waals surface area contributed by atoms with Gasteiger partial charge in [0.1, 0.15) is 17.8 Å². The van der Waals surface area contributed by atoms with Gasteiger partial charge in [0.15, 0.2) is 5.82 Å². The van der Waals surface area contributed by atoms with Crippen LogP contribution in [0.5, 0.6) is 0 Å². The molecule has 0 N–H and O–H groups in total. The van der Waals surface area contributed by atoms with Crippen molar-refractivity contribution in [3.63, 3.8) is 0 Å². The number of morpholine rings is 1. The monoisotopic (exact) mass is 331 g/mol. The molecule has 24 heavy (non-hydrogen) atoms. The molecule has 9 nitrogen and oxygen atoms in total. The van der Waals surface area contributed by atoms with Crippen LogP contribution in [0.4, 0.5) is 5.82 Å². The highest BCUT2D eigenvalue weighted by molar-refractivity contribution is 5.92. The predicted octanol–water partition coefficient (Wildman–Crippen LogP) is 0.197. The number of aromatic nitrogens is 5. The summed E-state index contributed by atoms with van der Waals surface area (Å²) >= 11 is 0. The zero-order chi connectivity index (χ0) is 16.9. The molecule has 0 aromatic carbocycles. The average Bonchev–Trinajstić information content (AvgIpc) is 3.09. The van der Waals surface area contributed by atoms with E-state index in [0.29, 0.717) is 44.4 Å². The average molecular weight is 331 g/mol. The van der Waals surface area contributed by atoms with Crippen molar-refractivity contribution in [2.75, 3.05) is 38.3 Å². The van der Waals surface area contributed by atoms with Crippen LogP contribution in [-0.2, 0) is 17.8 Å². The molecule has 0 bridgehead atoms. The van der Waals surface area contributed by atoms with E-state index in [1.54, 1.807) is 17.4 Å². The summed E-state index contributed by atoms with van der Waals surface area (Å²) in [5.41, 5.74) is 0.346. The van der Waals surface area contributed by atoms with Crippen LogP contribution in [0.2, 0.25) is 0 Å². The van der Waals surface area contributed by atoms with Crippen LogP contribution in [0.25, 0.3) is 0 Å². The number of ether oxygens (including phenoxy) is 1. The number of anilines is 1. The lowest BCUT2D eigenvalue weighted by Gasteiger charge is -2.26. The number of hydrogen-bond acceptors (Lipinski definition) is 7. The highest BCUT2D eigenvalue weighted by atomic mass is 16.5. The molecule has 0 atom stereocenters. The van der Waals surface area contributed by atoms with Gasteiger partial charge in [0.25, 0.3) is 5.91 Å². The van der Waals surface area contributed by atoms with Crippen molar-refractivity contribution in [1.82, 2.24) is 29.6 Å². The van der Waals surface area contributed by atoms with Crippen LogP contribution in [0, 0.1) is 0 Å². The third-order valence-corrected chi connectivity index (χ3v) is 3.95. The molecular weight excluding hydrogens is 310 g/mol. The Morgan fingerprint density at radius 3 is 2.88 bits per heavy atom. The first-order valence-electron chi connectivity index (χ1n) is 7.96. The normalized spacial score (nSPS) is 14.7. The molecule has 3 heterocycles. The standard InChI is InChI=1S/C15H21N7O2/c1-3-21-11-17-19-14(21)10-20(2)13-9-16-8-12(18-13)15(23)22-4-6-24-7-5-22/h8-9,11H,3-7,10H2,1-2H3. The number of nitrogens with zero attached hydrogens (tertiary/aromatic N) is 7. The Kier molecular flexibility index (Phi) is 4.99. The highest BCUT2D eigenvalue weighted by Gasteiger charge is 2.21. The zero-order valence-corrected chi connectivity index (χ0v) is 13.9. The second-order valence-electron chi connectivity index (χ2n) is 5.56. The molecule has 1 aliphatic rings. The molecule has 0 spiro atoms. The van der Waals surface area contributed by atoms with E-state index in [1.807, 2.05) is 23.4 Å². The molecule has 1 saturated heterocycles. The topological polar surface area (TPSA) is 89.3 Å². The first-order chi connectivity index (χ1) is 11.7. The van der Waals surface area contributed by atoms with Gasteiger partial charge in [-0.3, -0.25) is 9.78 Å². The fraction of sp³-hybridized carbons (Fsp3) is 0.533. The number of carbonyl (C=O) groups is 1. The van der Waals surface area contributed by atoms with E-state index >= 15 is 0 Å². The second-order valence-corrected chi connectivity index (χ2v) is 5.56. The molecule has 2 aromatic heterocycles.